The lowest BCUT2D eigenvalue weighted by atomic mass is 9.99. The summed E-state index contributed by atoms with van der Waals surface area (Å²) < 4.78 is 64.4. The van der Waals surface area contributed by atoms with Gasteiger partial charge in [-0.3, -0.25) is 4.99 Å². The van der Waals surface area contributed by atoms with Crippen LogP contribution in [0, 0.1) is 0 Å². The molecule has 8 heteroatoms. The van der Waals surface area contributed by atoms with Gasteiger partial charge in [0.05, 0.1) is 10.7 Å². The molecule has 1 aliphatic rings. The van der Waals surface area contributed by atoms with Crippen LogP contribution in [0.25, 0.3) is 11.1 Å². The van der Waals surface area contributed by atoms with Crippen molar-refractivity contribution in [2.75, 3.05) is 0 Å². The summed E-state index contributed by atoms with van der Waals surface area (Å²) in [7, 11) is 0. The number of hydrogen-bond donors (Lipinski definition) is 0. The zero-order chi connectivity index (χ0) is 17.7. The standard InChI is InChI=1S/C16H8Cl2F5N/c17-10-3-1-8(2-4-10)11-5-9-6-14(15(19,20)16(21,22)23)24-13(9)7-12(11)18/h1-5,7H,6H2. The van der Waals surface area contributed by atoms with Crippen LogP contribution in [0.2, 0.25) is 10.0 Å². The average molecular weight is 380 g/mol. The third-order valence-electron chi connectivity index (χ3n) is 3.66. The van der Waals surface area contributed by atoms with E-state index in [1.165, 1.54) is 12.1 Å². The maximum absolute atomic E-state index is 13.5. The first-order valence-electron chi connectivity index (χ1n) is 6.70. The summed E-state index contributed by atoms with van der Waals surface area (Å²) in [4.78, 5) is 3.44. The van der Waals surface area contributed by atoms with E-state index in [4.69, 9.17) is 23.2 Å². The van der Waals surface area contributed by atoms with Crippen LogP contribution in [-0.4, -0.2) is 17.8 Å². The summed E-state index contributed by atoms with van der Waals surface area (Å²) in [6, 6.07) is 9.37. The molecule has 24 heavy (non-hydrogen) atoms. The van der Waals surface area contributed by atoms with Gasteiger partial charge in [-0.1, -0.05) is 35.3 Å². The van der Waals surface area contributed by atoms with Gasteiger partial charge in [0.25, 0.3) is 0 Å². The highest BCUT2D eigenvalue weighted by Crippen LogP contribution is 2.44. The Labute approximate surface area is 143 Å². The fraction of sp³-hybridized carbons (Fsp3) is 0.188. The molecule has 0 saturated carbocycles. The predicted octanol–water partition coefficient (Wildman–Crippen LogP) is 6.49. The highest BCUT2D eigenvalue weighted by Gasteiger charge is 2.61. The number of hydrogen-bond acceptors (Lipinski definition) is 1. The van der Waals surface area contributed by atoms with E-state index in [9.17, 15) is 22.0 Å². The second-order valence-corrected chi connectivity index (χ2v) is 6.12. The maximum Gasteiger partial charge on any atom is 0.459 e. The van der Waals surface area contributed by atoms with Gasteiger partial charge in [-0.15, -0.1) is 0 Å². The molecule has 2 aromatic carbocycles. The molecule has 1 heterocycles. The van der Waals surface area contributed by atoms with Crippen molar-refractivity contribution < 1.29 is 22.0 Å². The van der Waals surface area contributed by atoms with Crippen LogP contribution < -0.4 is 0 Å². The van der Waals surface area contributed by atoms with Crippen molar-refractivity contribution in [3.05, 3.63) is 52.0 Å². The molecule has 0 atom stereocenters. The first-order chi connectivity index (χ1) is 11.1. The molecule has 1 nitrogen and oxygen atoms in total. The Bertz CT molecular complexity index is 826. The lowest BCUT2D eigenvalue weighted by Gasteiger charge is -2.19. The summed E-state index contributed by atoms with van der Waals surface area (Å²) in [5, 5.41) is 0.711. The minimum atomic E-state index is -5.68. The third kappa shape index (κ3) is 2.89. The molecule has 0 aliphatic carbocycles. The minimum Gasteiger partial charge on any atom is -0.250 e. The fourth-order valence-corrected chi connectivity index (χ4v) is 2.81. The molecule has 0 unspecified atom stereocenters. The quantitative estimate of drug-likeness (QED) is 0.529. The summed E-state index contributed by atoms with van der Waals surface area (Å²) in [5.74, 6) is -4.97. The Balaban J connectivity index is 1.99. The second kappa shape index (κ2) is 5.70. The van der Waals surface area contributed by atoms with Crippen LogP contribution >= 0.6 is 23.2 Å². The molecular formula is C16H8Cl2F5N. The second-order valence-electron chi connectivity index (χ2n) is 5.28. The van der Waals surface area contributed by atoms with Gasteiger partial charge in [-0.2, -0.15) is 22.0 Å². The van der Waals surface area contributed by atoms with Gasteiger partial charge in [0.2, 0.25) is 0 Å². The highest BCUT2D eigenvalue weighted by atomic mass is 35.5. The van der Waals surface area contributed by atoms with Crippen molar-refractivity contribution >= 4 is 34.6 Å². The molecule has 126 valence electrons. The number of aliphatic imine (C=N–C) groups is 1. The van der Waals surface area contributed by atoms with E-state index in [0.717, 1.165) is 0 Å². The number of halogens is 7. The molecule has 0 spiro atoms. The molecule has 0 fully saturated rings. The van der Waals surface area contributed by atoms with Gasteiger partial charge < -0.3 is 0 Å². The lowest BCUT2D eigenvalue weighted by Crippen LogP contribution is -2.44. The van der Waals surface area contributed by atoms with Gasteiger partial charge in [-0.05, 0) is 35.4 Å². The van der Waals surface area contributed by atoms with E-state index in [1.54, 1.807) is 24.3 Å². The number of fused-ring (bicyclic) bond motifs is 1. The van der Waals surface area contributed by atoms with Crippen molar-refractivity contribution in [1.29, 1.82) is 0 Å². The number of benzene rings is 2. The molecule has 0 bridgehead atoms. The highest BCUT2D eigenvalue weighted by molar-refractivity contribution is 6.34. The first-order valence-corrected chi connectivity index (χ1v) is 7.46. The van der Waals surface area contributed by atoms with E-state index >= 15 is 0 Å². The largest absolute Gasteiger partial charge is 0.459 e. The zero-order valence-corrected chi connectivity index (χ0v) is 13.3. The summed E-state index contributed by atoms with van der Waals surface area (Å²) >= 11 is 11.9. The molecule has 0 radical (unpaired) electrons. The SMILES string of the molecule is FC(F)(F)C(F)(F)C1=Nc2cc(Cl)c(-c3ccc(Cl)cc3)cc2C1. The Hall–Kier alpha value is -1.66. The van der Waals surface area contributed by atoms with Gasteiger partial charge in [0, 0.05) is 17.0 Å². The van der Waals surface area contributed by atoms with Gasteiger partial charge >= 0.3 is 12.1 Å². The van der Waals surface area contributed by atoms with Crippen molar-refractivity contribution in [1.82, 2.24) is 0 Å². The molecule has 3 rings (SSSR count). The Morgan fingerprint density at radius 3 is 2.12 bits per heavy atom. The minimum absolute atomic E-state index is 0.0247. The molecular weight excluding hydrogens is 372 g/mol. The molecule has 0 aromatic heterocycles. The molecule has 0 amide bonds. The van der Waals surface area contributed by atoms with Gasteiger partial charge in [0.15, 0.2) is 0 Å². The summed E-state index contributed by atoms with van der Waals surface area (Å²) in [6.45, 7) is 0. The van der Waals surface area contributed by atoms with Crippen LogP contribution in [0.1, 0.15) is 5.56 Å². The zero-order valence-electron chi connectivity index (χ0n) is 11.8. The van der Waals surface area contributed by atoms with Crippen LogP contribution in [0.15, 0.2) is 41.4 Å². The van der Waals surface area contributed by atoms with E-state index < -0.39 is 24.2 Å². The van der Waals surface area contributed by atoms with Gasteiger partial charge in [-0.25, -0.2) is 0 Å². The summed E-state index contributed by atoms with van der Waals surface area (Å²) in [6.07, 6.45) is -6.27. The van der Waals surface area contributed by atoms with Crippen LogP contribution in [0.3, 0.4) is 0 Å². The lowest BCUT2D eigenvalue weighted by molar-refractivity contribution is -0.249. The van der Waals surface area contributed by atoms with Crippen LogP contribution in [0.4, 0.5) is 27.6 Å². The monoisotopic (exact) mass is 379 g/mol. The molecule has 0 saturated heterocycles. The number of alkyl halides is 5. The van der Waals surface area contributed by atoms with Crippen molar-refractivity contribution in [3.63, 3.8) is 0 Å². The van der Waals surface area contributed by atoms with E-state index in [1.807, 2.05) is 0 Å². The summed E-state index contributed by atoms with van der Waals surface area (Å²) in [5.41, 5.74) is 0.247. The Morgan fingerprint density at radius 1 is 0.917 bits per heavy atom. The Kier molecular flexibility index (Phi) is 4.08. The Morgan fingerprint density at radius 2 is 1.54 bits per heavy atom. The number of nitrogens with zero attached hydrogens (tertiary/aromatic N) is 1. The average Bonchev–Trinajstić information content (AvgIpc) is 2.89. The third-order valence-corrected chi connectivity index (χ3v) is 4.22. The maximum atomic E-state index is 13.5. The van der Waals surface area contributed by atoms with E-state index in [2.05, 4.69) is 4.99 Å². The fourth-order valence-electron chi connectivity index (χ4n) is 2.41. The van der Waals surface area contributed by atoms with Gasteiger partial charge in [0.1, 0.15) is 5.71 Å². The predicted molar refractivity (Wildman–Crippen MR) is 83.7 cm³/mol. The van der Waals surface area contributed by atoms with Crippen LogP contribution in [0.5, 0.6) is 0 Å². The number of rotatable bonds is 2. The first kappa shape index (κ1) is 17.2. The topological polar surface area (TPSA) is 12.4 Å². The van der Waals surface area contributed by atoms with Crippen LogP contribution in [-0.2, 0) is 6.42 Å². The van der Waals surface area contributed by atoms with Crippen molar-refractivity contribution in [2.45, 2.75) is 18.5 Å². The molecule has 1 aliphatic heterocycles. The molecule has 0 N–H and O–H groups in total. The van der Waals surface area contributed by atoms with Crippen molar-refractivity contribution in [3.8, 4) is 11.1 Å². The normalized spacial score (nSPS) is 14.5. The van der Waals surface area contributed by atoms with E-state index in [-0.39, 0.29) is 16.3 Å². The smallest absolute Gasteiger partial charge is 0.250 e. The van der Waals surface area contributed by atoms with Crippen molar-refractivity contribution in [2.24, 2.45) is 4.99 Å². The molecule has 2 aromatic rings. The van der Waals surface area contributed by atoms with E-state index in [0.29, 0.717) is 16.1 Å².